The summed E-state index contributed by atoms with van der Waals surface area (Å²) in [7, 11) is 0. The van der Waals surface area contributed by atoms with Crippen molar-refractivity contribution >= 4 is 0 Å². The molecule has 9 heavy (non-hydrogen) atoms. The first-order valence-electron chi connectivity index (χ1n) is 2.67. The fraction of sp³-hybridized carbons (Fsp3) is 0.600. The molecule has 0 aromatic carbocycles. The molecule has 0 fully saturated rings. The van der Waals surface area contributed by atoms with Crippen molar-refractivity contribution in [1.29, 1.82) is 0 Å². The third kappa shape index (κ3) is 5.29. The van der Waals surface area contributed by atoms with Crippen molar-refractivity contribution in [3.63, 3.8) is 0 Å². The van der Waals surface area contributed by atoms with Gasteiger partial charge in [0, 0.05) is 18.7 Å². The van der Waals surface area contributed by atoms with E-state index in [1.54, 1.807) is 6.08 Å². The molecule has 6 N–H and O–H groups in total. The molecule has 0 atom stereocenters. The van der Waals surface area contributed by atoms with Crippen LogP contribution in [0.2, 0.25) is 0 Å². The smallest absolute Gasteiger partial charge is 0.156 e. The summed E-state index contributed by atoms with van der Waals surface area (Å²) in [6.45, 7) is 0.332. The molecule has 0 radical (unpaired) electrons. The van der Waals surface area contributed by atoms with Gasteiger partial charge in [-0.15, -0.1) is 0 Å². The molecule has 0 aromatic rings. The molecule has 0 aliphatic rings. The van der Waals surface area contributed by atoms with E-state index in [9.17, 15) is 0 Å². The van der Waals surface area contributed by atoms with Crippen molar-refractivity contribution in [2.45, 2.75) is 12.7 Å². The third-order valence-electron chi connectivity index (χ3n) is 0.798. The fourth-order valence-corrected chi connectivity index (χ4v) is 0.446. The van der Waals surface area contributed by atoms with Gasteiger partial charge in [-0.3, -0.25) is 0 Å². The largest absolute Gasteiger partial charge is 0.402 e. The van der Waals surface area contributed by atoms with Crippen molar-refractivity contribution in [1.82, 2.24) is 0 Å². The van der Waals surface area contributed by atoms with Gasteiger partial charge in [0.2, 0.25) is 0 Å². The fourth-order valence-electron chi connectivity index (χ4n) is 0.446. The van der Waals surface area contributed by atoms with Gasteiger partial charge in [0.1, 0.15) is 0 Å². The van der Waals surface area contributed by atoms with Crippen LogP contribution >= 0.6 is 0 Å². The van der Waals surface area contributed by atoms with Gasteiger partial charge >= 0.3 is 0 Å². The molecule has 0 spiro atoms. The van der Waals surface area contributed by atoms with Gasteiger partial charge in [0.25, 0.3) is 0 Å². The van der Waals surface area contributed by atoms with E-state index >= 15 is 0 Å². The Morgan fingerprint density at radius 1 is 1.56 bits per heavy atom. The van der Waals surface area contributed by atoms with E-state index in [1.807, 2.05) is 0 Å². The summed E-state index contributed by atoms with van der Waals surface area (Å²) >= 11 is 0. The van der Waals surface area contributed by atoms with E-state index in [0.717, 1.165) is 0 Å². The zero-order valence-corrected chi connectivity index (χ0v) is 5.12. The van der Waals surface area contributed by atoms with Crippen LogP contribution in [0.3, 0.4) is 0 Å². The molecule has 54 valence electrons. The third-order valence-corrected chi connectivity index (χ3v) is 0.798. The molecule has 0 rings (SSSR count). The number of aliphatic hydroxyl groups is 2. The SMILES string of the molecule is NCC=C(N)CC(O)O. The van der Waals surface area contributed by atoms with Crippen LogP contribution in [0.15, 0.2) is 11.8 Å². The molecule has 0 saturated heterocycles. The normalized spacial score (nSPS) is 12.7. The summed E-state index contributed by atoms with van der Waals surface area (Å²) in [4.78, 5) is 0. The molecular formula is C5H12N2O2. The monoisotopic (exact) mass is 132 g/mol. The van der Waals surface area contributed by atoms with Crippen molar-refractivity contribution in [3.05, 3.63) is 11.8 Å². The van der Waals surface area contributed by atoms with Crippen LogP contribution in [0.5, 0.6) is 0 Å². The van der Waals surface area contributed by atoms with Crippen LogP contribution in [-0.2, 0) is 0 Å². The molecule has 0 aliphatic heterocycles. The highest BCUT2D eigenvalue weighted by molar-refractivity contribution is 4.97. The average molecular weight is 132 g/mol. The van der Waals surface area contributed by atoms with E-state index in [1.165, 1.54) is 0 Å². The van der Waals surface area contributed by atoms with Crippen LogP contribution < -0.4 is 11.5 Å². The number of hydrogen-bond acceptors (Lipinski definition) is 4. The Morgan fingerprint density at radius 3 is 2.44 bits per heavy atom. The molecule has 0 amide bonds. The summed E-state index contributed by atoms with van der Waals surface area (Å²) in [5, 5.41) is 16.7. The second kappa shape index (κ2) is 4.31. The average Bonchev–Trinajstić information content (AvgIpc) is 1.63. The molecule has 0 aliphatic carbocycles. The lowest BCUT2D eigenvalue weighted by molar-refractivity contribution is -0.0383. The predicted molar refractivity (Wildman–Crippen MR) is 34.2 cm³/mol. The van der Waals surface area contributed by atoms with Crippen LogP contribution in [0.4, 0.5) is 0 Å². The summed E-state index contributed by atoms with van der Waals surface area (Å²) in [5.41, 5.74) is 10.7. The van der Waals surface area contributed by atoms with Crippen LogP contribution in [0.1, 0.15) is 6.42 Å². The molecule has 0 aromatic heterocycles. The van der Waals surface area contributed by atoms with Gasteiger partial charge in [0.15, 0.2) is 6.29 Å². The Labute approximate surface area is 53.8 Å². The molecule has 4 nitrogen and oxygen atoms in total. The maximum absolute atomic E-state index is 8.34. The first kappa shape index (κ1) is 8.42. The van der Waals surface area contributed by atoms with Gasteiger partial charge in [-0.2, -0.15) is 0 Å². The van der Waals surface area contributed by atoms with Gasteiger partial charge in [-0.05, 0) is 0 Å². The molecule has 4 heteroatoms. The van der Waals surface area contributed by atoms with E-state index in [0.29, 0.717) is 12.2 Å². The Balaban J connectivity index is 3.49. The lowest BCUT2D eigenvalue weighted by Crippen LogP contribution is -2.11. The Morgan fingerprint density at radius 2 is 2.11 bits per heavy atom. The van der Waals surface area contributed by atoms with Crippen LogP contribution in [-0.4, -0.2) is 23.0 Å². The lowest BCUT2D eigenvalue weighted by atomic mass is 10.3. The van der Waals surface area contributed by atoms with Gasteiger partial charge in [0.05, 0.1) is 0 Å². The van der Waals surface area contributed by atoms with E-state index in [-0.39, 0.29) is 6.42 Å². The maximum Gasteiger partial charge on any atom is 0.156 e. The van der Waals surface area contributed by atoms with E-state index < -0.39 is 6.29 Å². The van der Waals surface area contributed by atoms with Gasteiger partial charge in [-0.1, -0.05) is 6.08 Å². The topological polar surface area (TPSA) is 92.5 Å². The zero-order valence-electron chi connectivity index (χ0n) is 5.12. The minimum absolute atomic E-state index is 0.0667. The molecular weight excluding hydrogens is 120 g/mol. The van der Waals surface area contributed by atoms with Crippen LogP contribution in [0.25, 0.3) is 0 Å². The second-order valence-corrected chi connectivity index (χ2v) is 1.70. The van der Waals surface area contributed by atoms with Crippen molar-refractivity contribution in [3.8, 4) is 0 Å². The van der Waals surface area contributed by atoms with Gasteiger partial charge in [-0.25, -0.2) is 0 Å². The predicted octanol–water partition coefficient (Wildman–Crippen LogP) is -1.51. The number of hydrogen-bond donors (Lipinski definition) is 4. The summed E-state index contributed by atoms with van der Waals surface area (Å²) < 4.78 is 0. The minimum atomic E-state index is -1.37. The van der Waals surface area contributed by atoms with Crippen molar-refractivity contribution < 1.29 is 10.2 Å². The molecule has 0 bridgehead atoms. The Hall–Kier alpha value is -0.580. The van der Waals surface area contributed by atoms with Crippen LogP contribution in [0, 0.1) is 0 Å². The van der Waals surface area contributed by atoms with Crippen molar-refractivity contribution in [2.75, 3.05) is 6.54 Å². The first-order valence-corrected chi connectivity index (χ1v) is 2.67. The second-order valence-electron chi connectivity index (χ2n) is 1.70. The molecule has 0 heterocycles. The zero-order chi connectivity index (χ0) is 7.28. The summed E-state index contributed by atoms with van der Waals surface area (Å²) in [6, 6.07) is 0. The summed E-state index contributed by atoms with van der Waals surface area (Å²) in [5.74, 6) is 0. The quantitative estimate of drug-likeness (QED) is 0.351. The Bertz CT molecular complexity index is 101. The van der Waals surface area contributed by atoms with E-state index in [4.69, 9.17) is 21.7 Å². The molecule has 0 unspecified atom stereocenters. The highest BCUT2D eigenvalue weighted by atomic mass is 16.5. The number of nitrogens with two attached hydrogens (primary N) is 2. The Kier molecular flexibility index (Phi) is 4.04. The highest BCUT2D eigenvalue weighted by Crippen LogP contribution is 1.93. The highest BCUT2D eigenvalue weighted by Gasteiger charge is 1.96. The maximum atomic E-state index is 8.34. The van der Waals surface area contributed by atoms with E-state index in [2.05, 4.69) is 0 Å². The lowest BCUT2D eigenvalue weighted by Gasteiger charge is -2.01. The number of aliphatic hydroxyl groups excluding tert-OH is 1. The van der Waals surface area contributed by atoms with Gasteiger partial charge < -0.3 is 21.7 Å². The summed E-state index contributed by atoms with van der Waals surface area (Å²) in [6.07, 6.45) is 0.240. The standard InChI is InChI=1S/C5H12N2O2/c6-2-1-4(7)3-5(8)9/h1,5,8-9H,2-3,6-7H2. The molecule has 0 saturated carbocycles. The van der Waals surface area contributed by atoms with Crippen molar-refractivity contribution in [2.24, 2.45) is 11.5 Å². The number of rotatable bonds is 3. The minimum Gasteiger partial charge on any atom is -0.402 e. The first-order chi connectivity index (χ1) is 4.16.